The first-order valence-corrected chi connectivity index (χ1v) is 9.26. The van der Waals surface area contributed by atoms with E-state index < -0.39 is 0 Å². The summed E-state index contributed by atoms with van der Waals surface area (Å²) in [6.07, 6.45) is 10.2. The number of nitrogens with one attached hydrogen (secondary N) is 2. The lowest BCUT2D eigenvalue weighted by molar-refractivity contribution is -0.133. The number of carbonyl (C=O) groups is 2. The molecule has 146 valence electrons. The van der Waals surface area contributed by atoms with E-state index in [2.05, 4.69) is 25.6 Å². The highest BCUT2D eigenvalue weighted by molar-refractivity contribution is 5.94. The summed E-state index contributed by atoms with van der Waals surface area (Å²) in [6, 6.07) is 1.79. The lowest BCUT2D eigenvalue weighted by atomic mass is 10.0. The van der Waals surface area contributed by atoms with Gasteiger partial charge in [0.1, 0.15) is 6.54 Å². The monoisotopic (exact) mass is 382 g/mol. The van der Waals surface area contributed by atoms with Crippen molar-refractivity contribution in [1.82, 2.24) is 39.7 Å². The van der Waals surface area contributed by atoms with Crippen molar-refractivity contribution in [1.29, 1.82) is 0 Å². The van der Waals surface area contributed by atoms with Gasteiger partial charge in [-0.15, -0.1) is 0 Å². The van der Waals surface area contributed by atoms with Gasteiger partial charge in [-0.05, 0) is 18.9 Å². The molecule has 0 radical (unpaired) electrons. The Morgan fingerprint density at radius 2 is 2.18 bits per heavy atom. The summed E-state index contributed by atoms with van der Waals surface area (Å²) in [5.74, 6) is -0.186. The summed E-state index contributed by atoms with van der Waals surface area (Å²) >= 11 is 0. The molecule has 10 nitrogen and oxygen atoms in total. The van der Waals surface area contributed by atoms with Crippen LogP contribution in [-0.2, 0) is 30.8 Å². The number of carbonyl (C=O) groups excluding carboxylic acids is 2. The second-order valence-electron chi connectivity index (χ2n) is 6.71. The van der Waals surface area contributed by atoms with Crippen LogP contribution < -0.4 is 5.32 Å². The molecule has 2 amide bonds. The molecular weight excluding hydrogens is 360 g/mol. The predicted octanol–water partition coefficient (Wildman–Crippen LogP) is 0.208. The lowest BCUT2D eigenvalue weighted by Gasteiger charge is -2.26. The lowest BCUT2D eigenvalue weighted by Crippen LogP contribution is -2.38. The summed E-state index contributed by atoms with van der Waals surface area (Å²) < 4.78 is 3.57. The Kier molecular flexibility index (Phi) is 5.18. The molecule has 0 bridgehead atoms. The van der Waals surface area contributed by atoms with E-state index in [-0.39, 0.29) is 18.4 Å². The molecular formula is C18H22N8O2. The summed E-state index contributed by atoms with van der Waals surface area (Å²) in [5.41, 5.74) is 2.15. The molecule has 0 aliphatic carbocycles. The highest BCUT2D eigenvalue weighted by atomic mass is 16.2. The number of hydrogen-bond acceptors (Lipinski definition) is 5. The Morgan fingerprint density at radius 3 is 2.96 bits per heavy atom. The first kappa shape index (κ1) is 18.0. The quantitative estimate of drug-likeness (QED) is 0.567. The van der Waals surface area contributed by atoms with E-state index in [4.69, 9.17) is 0 Å². The van der Waals surface area contributed by atoms with Gasteiger partial charge < -0.3 is 14.8 Å². The number of hydrogen-bond donors (Lipinski definition) is 2. The minimum atomic E-state index is -0.181. The van der Waals surface area contributed by atoms with Crippen molar-refractivity contribution in [2.45, 2.75) is 32.5 Å². The number of aromatic amines is 1. The Morgan fingerprint density at radius 1 is 1.25 bits per heavy atom. The smallest absolute Gasteiger partial charge is 0.272 e. The highest BCUT2D eigenvalue weighted by Crippen LogP contribution is 2.20. The normalized spacial score (nSPS) is 13.4. The van der Waals surface area contributed by atoms with E-state index in [1.54, 1.807) is 40.6 Å². The maximum Gasteiger partial charge on any atom is 0.272 e. The van der Waals surface area contributed by atoms with E-state index in [0.29, 0.717) is 31.7 Å². The number of nitrogens with zero attached hydrogens (tertiary/aromatic N) is 6. The maximum atomic E-state index is 12.5. The molecule has 1 aliphatic heterocycles. The van der Waals surface area contributed by atoms with Crippen molar-refractivity contribution in [3.05, 3.63) is 54.1 Å². The number of fused-ring (bicyclic) bond motifs is 1. The minimum absolute atomic E-state index is 0.00514. The van der Waals surface area contributed by atoms with Gasteiger partial charge in [-0.3, -0.25) is 19.4 Å². The average Bonchev–Trinajstić information content (AvgIpc) is 3.45. The van der Waals surface area contributed by atoms with Crippen molar-refractivity contribution >= 4 is 11.8 Å². The molecule has 0 unspecified atom stereocenters. The molecule has 0 aromatic carbocycles. The van der Waals surface area contributed by atoms with Crippen LogP contribution in [0.15, 0.2) is 37.2 Å². The number of imidazole rings is 1. The topological polar surface area (TPSA) is 114 Å². The molecule has 0 atom stereocenters. The Labute approximate surface area is 161 Å². The molecule has 10 heteroatoms. The van der Waals surface area contributed by atoms with Crippen molar-refractivity contribution in [3.8, 4) is 0 Å². The number of aromatic nitrogens is 6. The van der Waals surface area contributed by atoms with Gasteiger partial charge in [0, 0.05) is 50.0 Å². The van der Waals surface area contributed by atoms with Crippen LogP contribution in [0, 0.1) is 0 Å². The second-order valence-corrected chi connectivity index (χ2v) is 6.71. The molecule has 0 fully saturated rings. The molecule has 0 saturated carbocycles. The number of amides is 2. The van der Waals surface area contributed by atoms with Crippen LogP contribution in [0.4, 0.5) is 0 Å². The van der Waals surface area contributed by atoms with Crippen LogP contribution in [0.5, 0.6) is 0 Å². The van der Waals surface area contributed by atoms with Gasteiger partial charge in [0.2, 0.25) is 5.91 Å². The Balaban J connectivity index is 1.30. The molecule has 28 heavy (non-hydrogen) atoms. The van der Waals surface area contributed by atoms with Crippen LogP contribution in [-0.4, -0.2) is 59.3 Å². The largest absolute Gasteiger partial charge is 0.351 e. The standard InChI is InChI=1S/C18H22N8O2/c27-16(12-26-8-2-5-21-26)25-9-3-14-15(11-25)22-23-17(14)18(28)20-4-1-7-24-10-6-19-13-24/h2,5-6,8,10,13H,1,3-4,7,9,11-12H2,(H,20,28)(H,22,23). The van der Waals surface area contributed by atoms with Gasteiger partial charge in [0.15, 0.2) is 5.69 Å². The SMILES string of the molecule is O=C(NCCCn1ccnc1)c1n[nH]c2c1CCN(C(=O)Cn1cccn1)C2. The number of rotatable bonds is 7. The Hall–Kier alpha value is -3.43. The summed E-state index contributed by atoms with van der Waals surface area (Å²) in [6.45, 7) is 2.56. The van der Waals surface area contributed by atoms with Crippen LogP contribution in [0.3, 0.4) is 0 Å². The molecule has 3 aromatic heterocycles. The van der Waals surface area contributed by atoms with Gasteiger partial charge in [-0.2, -0.15) is 10.2 Å². The van der Waals surface area contributed by atoms with E-state index in [1.165, 1.54) is 0 Å². The number of aryl methyl sites for hydroxylation is 1. The molecule has 3 aromatic rings. The predicted molar refractivity (Wildman–Crippen MR) is 99.1 cm³/mol. The zero-order valence-corrected chi connectivity index (χ0v) is 15.4. The fraction of sp³-hybridized carbons (Fsp3) is 0.389. The molecule has 0 spiro atoms. The van der Waals surface area contributed by atoms with E-state index in [0.717, 1.165) is 24.2 Å². The summed E-state index contributed by atoms with van der Waals surface area (Å²) in [5, 5.41) is 14.1. The van der Waals surface area contributed by atoms with E-state index in [1.807, 2.05) is 10.8 Å². The molecule has 1 aliphatic rings. The molecule has 2 N–H and O–H groups in total. The van der Waals surface area contributed by atoms with Crippen molar-refractivity contribution in [2.75, 3.05) is 13.1 Å². The minimum Gasteiger partial charge on any atom is -0.351 e. The maximum absolute atomic E-state index is 12.5. The molecule has 0 saturated heterocycles. The first-order chi connectivity index (χ1) is 13.7. The van der Waals surface area contributed by atoms with Crippen LogP contribution in [0.1, 0.15) is 28.2 Å². The van der Waals surface area contributed by atoms with Gasteiger partial charge in [-0.25, -0.2) is 4.98 Å². The Bertz CT molecular complexity index is 929. The van der Waals surface area contributed by atoms with Gasteiger partial charge >= 0.3 is 0 Å². The molecule has 4 rings (SSSR count). The zero-order valence-electron chi connectivity index (χ0n) is 15.4. The van der Waals surface area contributed by atoms with Crippen molar-refractivity contribution < 1.29 is 9.59 Å². The first-order valence-electron chi connectivity index (χ1n) is 9.26. The third-order valence-electron chi connectivity index (χ3n) is 4.80. The van der Waals surface area contributed by atoms with E-state index in [9.17, 15) is 9.59 Å². The van der Waals surface area contributed by atoms with Gasteiger partial charge in [0.25, 0.3) is 5.91 Å². The number of H-pyrrole nitrogens is 1. The third-order valence-corrected chi connectivity index (χ3v) is 4.80. The highest BCUT2D eigenvalue weighted by Gasteiger charge is 2.27. The van der Waals surface area contributed by atoms with Gasteiger partial charge in [0.05, 0.1) is 18.6 Å². The van der Waals surface area contributed by atoms with Crippen LogP contribution in [0.2, 0.25) is 0 Å². The summed E-state index contributed by atoms with van der Waals surface area (Å²) in [4.78, 5) is 30.6. The average molecular weight is 382 g/mol. The summed E-state index contributed by atoms with van der Waals surface area (Å²) in [7, 11) is 0. The fourth-order valence-electron chi connectivity index (χ4n) is 3.32. The third kappa shape index (κ3) is 3.95. The second kappa shape index (κ2) is 8.07. The van der Waals surface area contributed by atoms with E-state index >= 15 is 0 Å². The van der Waals surface area contributed by atoms with Crippen molar-refractivity contribution in [2.24, 2.45) is 0 Å². The zero-order chi connectivity index (χ0) is 19.3. The van der Waals surface area contributed by atoms with Crippen molar-refractivity contribution in [3.63, 3.8) is 0 Å². The van der Waals surface area contributed by atoms with Crippen LogP contribution in [0.25, 0.3) is 0 Å². The van der Waals surface area contributed by atoms with Gasteiger partial charge in [-0.1, -0.05) is 0 Å². The fourth-order valence-corrected chi connectivity index (χ4v) is 3.32. The molecule has 4 heterocycles. The van der Waals surface area contributed by atoms with Crippen LogP contribution >= 0.6 is 0 Å².